The Kier molecular flexibility index (Phi) is 3.68. The fourth-order valence-corrected chi connectivity index (χ4v) is 2.95. The molecule has 21 heavy (non-hydrogen) atoms. The average molecular weight is 350 g/mol. The van der Waals surface area contributed by atoms with Crippen molar-refractivity contribution >= 4 is 27.0 Å². The summed E-state index contributed by atoms with van der Waals surface area (Å²) in [6.45, 7) is 0. The molecule has 1 heterocycles. The molecule has 1 unspecified atom stereocenters. The van der Waals surface area contributed by atoms with Crippen molar-refractivity contribution in [2.45, 2.75) is 11.2 Å². The van der Waals surface area contributed by atoms with E-state index in [-0.39, 0.29) is 16.4 Å². The maximum atomic E-state index is 13.7. The number of rotatable bonds is 3. The highest BCUT2D eigenvalue weighted by Crippen LogP contribution is 2.30. The van der Waals surface area contributed by atoms with Crippen molar-refractivity contribution in [2.75, 3.05) is 0 Å². The molecule has 0 saturated carbocycles. The number of oxazole rings is 1. The maximum Gasteiger partial charge on any atom is 0.419 e. The molecular formula is C16H13BrFNO2. The van der Waals surface area contributed by atoms with Crippen LogP contribution in [-0.4, -0.2) is 4.57 Å². The van der Waals surface area contributed by atoms with Gasteiger partial charge in [-0.15, -0.1) is 0 Å². The molecule has 3 rings (SSSR count). The van der Waals surface area contributed by atoms with E-state index in [0.29, 0.717) is 17.6 Å². The van der Waals surface area contributed by atoms with Gasteiger partial charge in [-0.3, -0.25) is 4.57 Å². The van der Waals surface area contributed by atoms with Gasteiger partial charge in [-0.05, 0) is 35.7 Å². The Labute approximate surface area is 129 Å². The van der Waals surface area contributed by atoms with Gasteiger partial charge in [0.2, 0.25) is 0 Å². The van der Waals surface area contributed by atoms with Gasteiger partial charge in [0.15, 0.2) is 5.58 Å². The zero-order chi connectivity index (χ0) is 15.0. The van der Waals surface area contributed by atoms with Crippen LogP contribution in [-0.2, 0) is 13.5 Å². The van der Waals surface area contributed by atoms with Crippen molar-refractivity contribution in [3.8, 4) is 0 Å². The zero-order valence-electron chi connectivity index (χ0n) is 11.3. The van der Waals surface area contributed by atoms with Crippen molar-refractivity contribution in [2.24, 2.45) is 7.05 Å². The summed E-state index contributed by atoms with van der Waals surface area (Å²) in [5, 5.41) is 0. The number of hydrogen-bond donors (Lipinski definition) is 0. The minimum absolute atomic E-state index is 0.0516. The Balaban J connectivity index is 1.93. The van der Waals surface area contributed by atoms with Crippen molar-refractivity contribution in [3.63, 3.8) is 0 Å². The summed E-state index contributed by atoms with van der Waals surface area (Å²) in [7, 11) is 1.67. The van der Waals surface area contributed by atoms with Crippen LogP contribution in [0.3, 0.4) is 0 Å². The number of fused-ring (bicyclic) bond motifs is 1. The third-order valence-corrected chi connectivity index (χ3v) is 4.39. The highest BCUT2D eigenvalue weighted by atomic mass is 79.9. The molecule has 0 fully saturated rings. The van der Waals surface area contributed by atoms with Crippen LogP contribution in [0.1, 0.15) is 16.0 Å². The molecular weight excluding hydrogens is 337 g/mol. The largest absolute Gasteiger partial charge is 0.419 e. The van der Waals surface area contributed by atoms with Gasteiger partial charge in [-0.2, -0.15) is 0 Å². The zero-order valence-corrected chi connectivity index (χ0v) is 12.9. The molecule has 108 valence electrons. The molecule has 0 amide bonds. The van der Waals surface area contributed by atoms with Crippen molar-refractivity contribution in [1.29, 1.82) is 0 Å². The Bertz CT molecular complexity index is 853. The van der Waals surface area contributed by atoms with Gasteiger partial charge < -0.3 is 4.42 Å². The molecule has 2 aromatic carbocycles. The first-order valence-electron chi connectivity index (χ1n) is 6.53. The predicted octanol–water partition coefficient (Wildman–Crippen LogP) is 3.95. The Morgan fingerprint density at radius 2 is 2.05 bits per heavy atom. The second-order valence-corrected chi connectivity index (χ2v) is 6.02. The SMILES string of the molecule is Cn1c(=O)oc2cc(C(Br)Cc3ccccc3F)ccc21. The van der Waals surface area contributed by atoms with Crippen molar-refractivity contribution in [3.05, 3.63) is 70.0 Å². The molecule has 0 radical (unpaired) electrons. The minimum Gasteiger partial charge on any atom is -0.408 e. The fraction of sp³-hybridized carbons (Fsp3) is 0.188. The van der Waals surface area contributed by atoms with E-state index in [1.54, 1.807) is 19.2 Å². The summed E-state index contributed by atoms with van der Waals surface area (Å²) in [6.07, 6.45) is 0.523. The van der Waals surface area contributed by atoms with E-state index in [2.05, 4.69) is 15.9 Å². The minimum atomic E-state index is -0.387. The lowest BCUT2D eigenvalue weighted by Gasteiger charge is -2.11. The molecule has 3 nitrogen and oxygen atoms in total. The first-order valence-corrected chi connectivity index (χ1v) is 7.45. The van der Waals surface area contributed by atoms with Crippen LogP contribution in [0.15, 0.2) is 51.7 Å². The van der Waals surface area contributed by atoms with Gasteiger partial charge in [-0.1, -0.05) is 40.2 Å². The summed E-state index contributed by atoms with van der Waals surface area (Å²) in [4.78, 5) is 11.4. The van der Waals surface area contributed by atoms with Crippen LogP contribution in [0.2, 0.25) is 0 Å². The molecule has 0 aliphatic carbocycles. The molecule has 0 spiro atoms. The predicted molar refractivity (Wildman–Crippen MR) is 83.2 cm³/mol. The lowest BCUT2D eigenvalue weighted by atomic mass is 10.0. The second kappa shape index (κ2) is 5.48. The number of nitrogens with zero attached hydrogens (tertiary/aromatic N) is 1. The number of benzene rings is 2. The van der Waals surface area contributed by atoms with Crippen molar-refractivity contribution in [1.82, 2.24) is 4.57 Å². The molecule has 0 bridgehead atoms. The summed E-state index contributed by atoms with van der Waals surface area (Å²) in [6, 6.07) is 12.3. The van der Waals surface area contributed by atoms with E-state index < -0.39 is 0 Å². The highest BCUT2D eigenvalue weighted by Gasteiger charge is 2.14. The third-order valence-electron chi connectivity index (χ3n) is 3.54. The van der Waals surface area contributed by atoms with Crippen LogP contribution in [0.25, 0.3) is 11.1 Å². The molecule has 1 atom stereocenters. The summed E-state index contributed by atoms with van der Waals surface area (Å²) >= 11 is 3.57. The van der Waals surface area contributed by atoms with Crippen LogP contribution < -0.4 is 5.76 Å². The second-order valence-electron chi connectivity index (χ2n) is 4.92. The van der Waals surface area contributed by atoms with E-state index in [0.717, 1.165) is 11.1 Å². The van der Waals surface area contributed by atoms with E-state index in [9.17, 15) is 9.18 Å². The van der Waals surface area contributed by atoms with Crippen LogP contribution in [0.4, 0.5) is 4.39 Å². The third kappa shape index (κ3) is 2.65. The quantitative estimate of drug-likeness (QED) is 0.671. The van der Waals surface area contributed by atoms with E-state index in [1.165, 1.54) is 10.6 Å². The number of halogens is 2. The molecule has 0 aliphatic heterocycles. The monoisotopic (exact) mass is 349 g/mol. The van der Waals surface area contributed by atoms with Crippen LogP contribution >= 0.6 is 15.9 Å². The number of hydrogen-bond acceptors (Lipinski definition) is 2. The normalized spacial score (nSPS) is 12.7. The number of aryl methyl sites for hydroxylation is 1. The smallest absolute Gasteiger partial charge is 0.408 e. The van der Waals surface area contributed by atoms with Gasteiger partial charge in [0.25, 0.3) is 0 Å². The van der Waals surface area contributed by atoms with Crippen LogP contribution in [0, 0.1) is 5.82 Å². The van der Waals surface area contributed by atoms with Gasteiger partial charge in [-0.25, -0.2) is 9.18 Å². The van der Waals surface area contributed by atoms with Crippen molar-refractivity contribution < 1.29 is 8.81 Å². The number of aromatic nitrogens is 1. The van der Waals surface area contributed by atoms with Gasteiger partial charge >= 0.3 is 5.76 Å². The Morgan fingerprint density at radius 3 is 2.81 bits per heavy atom. The van der Waals surface area contributed by atoms with Gasteiger partial charge in [0, 0.05) is 11.9 Å². The summed E-state index contributed by atoms with van der Waals surface area (Å²) < 4.78 is 20.3. The van der Waals surface area contributed by atoms with Crippen LogP contribution in [0.5, 0.6) is 0 Å². The fourth-order valence-electron chi connectivity index (χ4n) is 2.32. The highest BCUT2D eigenvalue weighted by molar-refractivity contribution is 9.09. The molecule has 0 saturated heterocycles. The molecule has 3 aromatic rings. The first-order chi connectivity index (χ1) is 10.1. The maximum absolute atomic E-state index is 13.7. The van der Waals surface area contributed by atoms with E-state index >= 15 is 0 Å². The molecule has 1 aromatic heterocycles. The molecule has 0 aliphatic rings. The van der Waals surface area contributed by atoms with E-state index in [1.807, 2.05) is 24.3 Å². The standard InChI is InChI=1S/C16H13BrFNO2/c1-19-14-7-6-10(9-15(14)21-16(19)20)12(17)8-11-4-2-3-5-13(11)18/h2-7,9,12H,8H2,1H3. The molecule has 5 heteroatoms. The number of alkyl halides is 1. The Morgan fingerprint density at radius 1 is 1.29 bits per heavy atom. The van der Waals surface area contributed by atoms with Gasteiger partial charge in [0.1, 0.15) is 5.82 Å². The summed E-state index contributed by atoms with van der Waals surface area (Å²) in [5.41, 5.74) is 2.88. The first kappa shape index (κ1) is 14.1. The average Bonchev–Trinajstić information content (AvgIpc) is 2.76. The van der Waals surface area contributed by atoms with Gasteiger partial charge in [0.05, 0.1) is 5.52 Å². The molecule has 0 N–H and O–H groups in total. The summed E-state index contributed by atoms with van der Waals surface area (Å²) in [5.74, 6) is -0.600. The lowest BCUT2D eigenvalue weighted by molar-refractivity contribution is 0.528. The lowest BCUT2D eigenvalue weighted by Crippen LogP contribution is -2.08. The van der Waals surface area contributed by atoms with E-state index in [4.69, 9.17) is 4.42 Å². The Hall–Kier alpha value is -1.88. The topological polar surface area (TPSA) is 35.1 Å².